The molecule has 3 rings (SSSR count). The molecule has 6 heteroatoms. The number of ether oxygens (including phenoxy) is 1. The number of rotatable bonds is 5. The smallest absolute Gasteiger partial charge is 0.255 e. The number of benzene rings is 1. The summed E-state index contributed by atoms with van der Waals surface area (Å²) in [4.78, 5) is 17.7. The normalized spacial score (nSPS) is 17.0. The van der Waals surface area contributed by atoms with Gasteiger partial charge in [0.25, 0.3) is 5.91 Å². The largest absolute Gasteiger partial charge is 0.473 e. The van der Waals surface area contributed by atoms with Gasteiger partial charge in [0.2, 0.25) is 5.88 Å². The van der Waals surface area contributed by atoms with E-state index in [0.717, 1.165) is 28.5 Å². The molecule has 23 heavy (non-hydrogen) atoms. The second-order valence-electron chi connectivity index (χ2n) is 5.14. The van der Waals surface area contributed by atoms with Crippen molar-refractivity contribution in [3.63, 3.8) is 0 Å². The molecule has 1 saturated heterocycles. The topological polar surface area (TPSA) is 51.2 Å². The van der Waals surface area contributed by atoms with Gasteiger partial charge in [-0.05, 0) is 36.6 Å². The average Bonchev–Trinajstić information content (AvgIpc) is 3.08. The van der Waals surface area contributed by atoms with E-state index in [2.05, 4.69) is 10.3 Å². The molecule has 0 saturated carbocycles. The van der Waals surface area contributed by atoms with Crippen molar-refractivity contribution in [1.29, 1.82) is 0 Å². The van der Waals surface area contributed by atoms with Crippen LogP contribution in [0.15, 0.2) is 47.5 Å². The van der Waals surface area contributed by atoms with E-state index in [0.29, 0.717) is 11.4 Å². The predicted octanol–water partition coefficient (Wildman–Crippen LogP) is 3.94. The Morgan fingerprint density at radius 3 is 3.04 bits per heavy atom. The summed E-state index contributed by atoms with van der Waals surface area (Å²) < 4.78 is 5.85. The van der Waals surface area contributed by atoms with Gasteiger partial charge >= 0.3 is 0 Å². The number of thioether (sulfide) groups is 2. The van der Waals surface area contributed by atoms with Crippen LogP contribution in [0.5, 0.6) is 5.88 Å². The molecule has 4 nitrogen and oxygen atoms in total. The number of aromatic nitrogens is 1. The molecule has 2 aromatic rings. The first-order valence-electron chi connectivity index (χ1n) is 7.41. The number of carbonyl (C=O) groups is 1. The van der Waals surface area contributed by atoms with Crippen LogP contribution < -0.4 is 10.1 Å². The first kappa shape index (κ1) is 16.2. The Morgan fingerprint density at radius 2 is 2.26 bits per heavy atom. The maximum atomic E-state index is 12.5. The molecule has 1 aliphatic rings. The van der Waals surface area contributed by atoms with Crippen molar-refractivity contribution in [3.05, 3.63) is 48.2 Å². The van der Waals surface area contributed by atoms with Crippen LogP contribution in [0.3, 0.4) is 0 Å². The first-order chi connectivity index (χ1) is 11.3. The first-order valence-corrected chi connectivity index (χ1v) is 9.79. The fourth-order valence-corrected chi connectivity index (χ4v) is 3.98. The Kier molecular flexibility index (Phi) is 5.46. The maximum absolute atomic E-state index is 12.5. The van der Waals surface area contributed by atoms with Gasteiger partial charge in [-0.1, -0.05) is 12.1 Å². The molecule has 1 amide bonds. The van der Waals surface area contributed by atoms with Crippen molar-refractivity contribution in [2.75, 3.05) is 23.1 Å². The summed E-state index contributed by atoms with van der Waals surface area (Å²) >= 11 is 3.49. The van der Waals surface area contributed by atoms with Gasteiger partial charge in [-0.25, -0.2) is 4.98 Å². The van der Waals surface area contributed by atoms with E-state index >= 15 is 0 Å². The Morgan fingerprint density at radius 1 is 1.39 bits per heavy atom. The molecular formula is C17H18N2O2S2. The number of amides is 1. The molecular weight excluding hydrogens is 328 g/mol. The lowest BCUT2D eigenvalue weighted by Gasteiger charge is -2.13. The van der Waals surface area contributed by atoms with Crippen LogP contribution in [0.25, 0.3) is 0 Å². The van der Waals surface area contributed by atoms with Gasteiger partial charge in [-0.15, -0.1) is 11.8 Å². The van der Waals surface area contributed by atoms with E-state index in [1.807, 2.05) is 42.3 Å². The summed E-state index contributed by atoms with van der Waals surface area (Å²) in [5.41, 5.74) is 1.37. The molecule has 2 heterocycles. The lowest BCUT2D eigenvalue weighted by Crippen LogP contribution is -2.17. The van der Waals surface area contributed by atoms with E-state index in [-0.39, 0.29) is 12.0 Å². The Bertz CT molecular complexity index is 688. The Balaban J connectivity index is 1.71. The summed E-state index contributed by atoms with van der Waals surface area (Å²) in [5, 5.41) is 2.95. The molecule has 1 aromatic carbocycles. The minimum atomic E-state index is -0.153. The average molecular weight is 346 g/mol. The van der Waals surface area contributed by atoms with Crippen LogP contribution >= 0.6 is 23.5 Å². The number of anilines is 1. The standard InChI is InChI=1S/C17H18N2O2S2/c1-22-15-5-3-2-4-14(15)19-17(20)12-6-8-18-16(10-12)21-13-7-9-23-11-13/h2-6,8,10,13H,7,9,11H2,1H3,(H,19,20)/t13-/m0/s1. The van der Waals surface area contributed by atoms with Crippen LogP contribution in [-0.2, 0) is 0 Å². The second-order valence-corrected chi connectivity index (χ2v) is 7.14. The monoisotopic (exact) mass is 346 g/mol. The number of pyridine rings is 1. The third-order valence-electron chi connectivity index (χ3n) is 3.53. The van der Waals surface area contributed by atoms with Crippen molar-refractivity contribution >= 4 is 35.1 Å². The van der Waals surface area contributed by atoms with Gasteiger partial charge in [0, 0.05) is 28.5 Å². The number of nitrogens with one attached hydrogen (secondary N) is 1. The minimum absolute atomic E-state index is 0.153. The number of carbonyl (C=O) groups excluding carboxylic acids is 1. The molecule has 1 aromatic heterocycles. The van der Waals surface area contributed by atoms with Crippen molar-refractivity contribution in [3.8, 4) is 5.88 Å². The van der Waals surface area contributed by atoms with Gasteiger partial charge in [0.05, 0.1) is 5.69 Å². The van der Waals surface area contributed by atoms with Crippen LogP contribution in [-0.4, -0.2) is 34.8 Å². The molecule has 1 atom stereocenters. The fraction of sp³-hybridized carbons (Fsp3) is 0.294. The van der Waals surface area contributed by atoms with Crippen LogP contribution in [0, 0.1) is 0 Å². The Labute approximate surface area is 144 Å². The van der Waals surface area contributed by atoms with Crippen molar-refractivity contribution in [1.82, 2.24) is 4.98 Å². The SMILES string of the molecule is CSc1ccccc1NC(=O)c1ccnc(O[C@H]2CCSC2)c1. The van der Waals surface area contributed by atoms with Gasteiger partial charge in [-0.2, -0.15) is 11.8 Å². The molecule has 0 unspecified atom stereocenters. The van der Waals surface area contributed by atoms with Crippen molar-refractivity contribution in [2.24, 2.45) is 0 Å². The van der Waals surface area contributed by atoms with E-state index in [9.17, 15) is 4.79 Å². The molecule has 0 bridgehead atoms. The lowest BCUT2D eigenvalue weighted by molar-refractivity contribution is 0.102. The molecule has 1 fully saturated rings. The summed E-state index contributed by atoms with van der Waals surface area (Å²) in [5.74, 6) is 2.47. The zero-order valence-corrected chi connectivity index (χ0v) is 14.5. The molecule has 1 aliphatic heterocycles. The highest BCUT2D eigenvalue weighted by molar-refractivity contribution is 7.99. The summed E-state index contributed by atoms with van der Waals surface area (Å²) in [6.45, 7) is 0. The summed E-state index contributed by atoms with van der Waals surface area (Å²) in [6.07, 6.45) is 4.84. The van der Waals surface area contributed by atoms with Gasteiger partial charge in [0.15, 0.2) is 0 Å². The highest BCUT2D eigenvalue weighted by Crippen LogP contribution is 2.26. The van der Waals surface area contributed by atoms with E-state index < -0.39 is 0 Å². The number of nitrogens with zero attached hydrogens (tertiary/aromatic N) is 1. The van der Waals surface area contributed by atoms with Crippen LogP contribution in [0.2, 0.25) is 0 Å². The highest BCUT2D eigenvalue weighted by atomic mass is 32.2. The molecule has 1 N–H and O–H groups in total. The predicted molar refractivity (Wildman–Crippen MR) is 96.8 cm³/mol. The number of para-hydroxylation sites is 1. The van der Waals surface area contributed by atoms with Crippen LogP contribution in [0.1, 0.15) is 16.8 Å². The third-order valence-corrected chi connectivity index (χ3v) is 5.46. The minimum Gasteiger partial charge on any atom is -0.473 e. The fourth-order valence-electron chi connectivity index (χ4n) is 2.33. The quantitative estimate of drug-likeness (QED) is 0.831. The Hall–Kier alpha value is -1.66. The lowest BCUT2D eigenvalue weighted by atomic mass is 10.2. The van der Waals surface area contributed by atoms with Gasteiger partial charge in [-0.3, -0.25) is 4.79 Å². The highest BCUT2D eigenvalue weighted by Gasteiger charge is 2.18. The molecule has 0 radical (unpaired) electrons. The molecule has 0 spiro atoms. The zero-order chi connectivity index (χ0) is 16.1. The van der Waals surface area contributed by atoms with E-state index in [1.54, 1.807) is 30.1 Å². The summed E-state index contributed by atoms with van der Waals surface area (Å²) in [7, 11) is 0. The van der Waals surface area contributed by atoms with Gasteiger partial charge in [0.1, 0.15) is 6.10 Å². The van der Waals surface area contributed by atoms with Crippen molar-refractivity contribution < 1.29 is 9.53 Å². The number of hydrogen-bond acceptors (Lipinski definition) is 5. The molecule has 120 valence electrons. The second kappa shape index (κ2) is 7.75. The van der Waals surface area contributed by atoms with Crippen LogP contribution in [0.4, 0.5) is 5.69 Å². The van der Waals surface area contributed by atoms with Gasteiger partial charge < -0.3 is 10.1 Å². The zero-order valence-electron chi connectivity index (χ0n) is 12.8. The number of hydrogen-bond donors (Lipinski definition) is 1. The van der Waals surface area contributed by atoms with E-state index in [1.165, 1.54) is 0 Å². The third kappa shape index (κ3) is 4.20. The summed E-state index contributed by atoms with van der Waals surface area (Å²) in [6, 6.07) is 11.2. The maximum Gasteiger partial charge on any atom is 0.255 e. The van der Waals surface area contributed by atoms with Crippen molar-refractivity contribution in [2.45, 2.75) is 17.4 Å². The molecule has 0 aliphatic carbocycles. The van der Waals surface area contributed by atoms with E-state index in [4.69, 9.17) is 4.74 Å².